The molecule has 0 saturated carbocycles. The summed E-state index contributed by atoms with van der Waals surface area (Å²) in [6.07, 6.45) is 0. The maximum atomic E-state index is 13.3. The Hall–Kier alpha value is -3.20. The molecular formula is C26H24Cl2N4O6S3. The van der Waals surface area contributed by atoms with E-state index >= 15 is 0 Å². The van der Waals surface area contributed by atoms with Crippen molar-refractivity contribution < 1.29 is 27.8 Å². The number of hydrogen-bond acceptors (Lipinski definition) is 9. The molecule has 0 aliphatic carbocycles. The number of nitrogens with zero attached hydrogens (tertiary/aromatic N) is 2. The van der Waals surface area contributed by atoms with E-state index in [1.54, 1.807) is 29.7 Å². The van der Waals surface area contributed by atoms with Gasteiger partial charge in [-0.1, -0.05) is 35.3 Å². The van der Waals surface area contributed by atoms with E-state index in [9.17, 15) is 8.42 Å². The Balaban J connectivity index is 1.77. The van der Waals surface area contributed by atoms with Gasteiger partial charge in [0.1, 0.15) is 9.90 Å². The quantitative estimate of drug-likeness (QED) is 0.0795. The average Bonchev–Trinajstić information content (AvgIpc) is 3.45. The Bertz CT molecular complexity index is 1670. The molecule has 0 aliphatic rings. The summed E-state index contributed by atoms with van der Waals surface area (Å²) in [6.45, 7) is 0. The predicted molar refractivity (Wildman–Crippen MR) is 162 cm³/mol. The lowest BCUT2D eigenvalue weighted by atomic mass is 10.2. The third-order valence-corrected chi connectivity index (χ3v) is 9.66. The number of guanidine groups is 1. The molecule has 0 radical (unpaired) electrons. The van der Waals surface area contributed by atoms with Crippen molar-refractivity contribution in [2.45, 2.75) is 15.5 Å². The second-order valence-corrected chi connectivity index (χ2v) is 12.5. The Morgan fingerprint density at radius 3 is 2.32 bits per heavy atom. The third-order valence-electron chi connectivity index (χ3n) is 5.64. The van der Waals surface area contributed by atoms with Crippen molar-refractivity contribution in [1.82, 2.24) is 10.5 Å². The fourth-order valence-corrected chi connectivity index (χ4v) is 7.46. The van der Waals surface area contributed by atoms with Crippen LogP contribution in [0.2, 0.25) is 10.0 Å². The molecule has 1 heterocycles. The zero-order valence-electron chi connectivity index (χ0n) is 21.8. The van der Waals surface area contributed by atoms with E-state index in [1.807, 2.05) is 17.5 Å². The van der Waals surface area contributed by atoms with Gasteiger partial charge in [0.15, 0.2) is 11.5 Å². The van der Waals surface area contributed by atoms with Crippen LogP contribution in [-0.2, 0) is 15.8 Å². The fraction of sp³-hybridized carbons (Fsp3) is 0.154. The molecular weight excluding hydrogens is 631 g/mol. The van der Waals surface area contributed by atoms with Crippen LogP contribution >= 0.6 is 46.3 Å². The standard InChI is InChI=1S/C26H24Cl2N4O6S3/c1-36-20-8-14(9-21(37-2)24(20)38-3)12-39-22-11-18(28)17(10-23(22)41(34,35)32-26(29)31-33)25-30-19(13-40-25)15-4-6-16(27)7-5-15/h4-11,13,33H,12H2,1-3H3,(H3,29,31,32). The lowest BCUT2D eigenvalue weighted by Crippen LogP contribution is -2.29. The van der Waals surface area contributed by atoms with Crippen LogP contribution < -0.4 is 25.4 Å². The molecule has 0 unspecified atom stereocenters. The minimum absolute atomic E-state index is 0.171. The summed E-state index contributed by atoms with van der Waals surface area (Å²) >= 11 is 15.2. The van der Waals surface area contributed by atoms with Gasteiger partial charge in [-0.25, -0.2) is 10.5 Å². The first-order chi connectivity index (χ1) is 19.6. The van der Waals surface area contributed by atoms with Crippen molar-refractivity contribution in [3.63, 3.8) is 0 Å². The number of thioether (sulfide) groups is 1. The van der Waals surface area contributed by atoms with Crippen LogP contribution in [0.25, 0.3) is 21.8 Å². The van der Waals surface area contributed by atoms with Crippen LogP contribution in [-0.4, -0.2) is 45.9 Å². The van der Waals surface area contributed by atoms with E-state index in [-0.39, 0.29) is 9.92 Å². The Morgan fingerprint density at radius 1 is 1.07 bits per heavy atom. The predicted octanol–water partition coefficient (Wildman–Crippen LogP) is 6.08. The Morgan fingerprint density at radius 2 is 1.73 bits per heavy atom. The van der Waals surface area contributed by atoms with E-state index in [2.05, 4.69) is 9.38 Å². The number of halogens is 2. The molecule has 3 aromatic carbocycles. The van der Waals surface area contributed by atoms with Crippen molar-refractivity contribution >= 4 is 62.3 Å². The van der Waals surface area contributed by atoms with Crippen LogP contribution in [0.5, 0.6) is 17.2 Å². The summed E-state index contributed by atoms with van der Waals surface area (Å²) in [6, 6.07) is 13.6. The first-order valence-electron chi connectivity index (χ1n) is 11.6. The number of hydrogen-bond donors (Lipinski definition) is 3. The second kappa shape index (κ2) is 13.2. The van der Waals surface area contributed by atoms with Crippen LogP contribution in [0, 0.1) is 0 Å². The van der Waals surface area contributed by atoms with Crippen molar-refractivity contribution in [3.8, 4) is 39.1 Å². The molecule has 0 aliphatic heterocycles. The number of sulfonamides is 1. The minimum atomic E-state index is -4.39. The van der Waals surface area contributed by atoms with Gasteiger partial charge >= 0.3 is 0 Å². The van der Waals surface area contributed by atoms with E-state index in [4.69, 9.17) is 48.4 Å². The summed E-state index contributed by atoms with van der Waals surface area (Å²) < 4.78 is 46.3. The van der Waals surface area contributed by atoms with E-state index in [0.717, 1.165) is 11.1 Å². The molecule has 4 rings (SSSR count). The molecule has 4 N–H and O–H groups in total. The highest BCUT2D eigenvalue weighted by atomic mass is 35.5. The lowest BCUT2D eigenvalue weighted by molar-refractivity contribution is 0.233. The Labute approximate surface area is 255 Å². The number of benzene rings is 3. The van der Waals surface area contributed by atoms with Crippen LogP contribution in [0.3, 0.4) is 0 Å². The number of methoxy groups -OCH3 is 3. The zero-order chi connectivity index (χ0) is 29.7. The highest BCUT2D eigenvalue weighted by Crippen LogP contribution is 2.43. The molecule has 1 aromatic heterocycles. The smallest absolute Gasteiger partial charge is 0.286 e. The summed E-state index contributed by atoms with van der Waals surface area (Å²) in [4.78, 5) is 4.79. The van der Waals surface area contributed by atoms with Crippen molar-refractivity contribution in [2.24, 2.45) is 10.1 Å². The third kappa shape index (κ3) is 7.00. The number of nitrogens with two attached hydrogens (primary N) is 1. The number of nitrogens with one attached hydrogen (secondary N) is 1. The van der Waals surface area contributed by atoms with Gasteiger partial charge in [-0.15, -0.1) is 27.5 Å². The molecule has 0 amide bonds. The number of aromatic nitrogens is 1. The number of thiazole rings is 1. The molecule has 41 heavy (non-hydrogen) atoms. The van der Waals surface area contributed by atoms with Crippen molar-refractivity contribution in [1.29, 1.82) is 0 Å². The molecule has 10 nitrogen and oxygen atoms in total. The van der Waals surface area contributed by atoms with Crippen molar-refractivity contribution in [2.75, 3.05) is 21.3 Å². The maximum Gasteiger partial charge on any atom is 0.286 e. The SMILES string of the molecule is COc1cc(CSc2cc(Cl)c(-c3nc(-c4ccc(Cl)cc4)cs3)cc2S(=O)(=O)/N=C(\N)NO)cc(OC)c1OC. The Kier molecular flexibility index (Phi) is 9.89. The normalized spacial score (nSPS) is 11.8. The fourth-order valence-electron chi connectivity index (χ4n) is 3.74. The highest BCUT2D eigenvalue weighted by molar-refractivity contribution is 7.99. The largest absolute Gasteiger partial charge is 0.493 e. The molecule has 0 bridgehead atoms. The van der Waals surface area contributed by atoms with Gasteiger partial charge in [0, 0.05) is 32.2 Å². The topological polar surface area (TPSA) is 145 Å². The summed E-state index contributed by atoms with van der Waals surface area (Å²) in [7, 11) is 0.129. The molecule has 4 aromatic rings. The van der Waals surface area contributed by atoms with Gasteiger partial charge in [-0.05, 0) is 42.0 Å². The molecule has 0 spiro atoms. The molecule has 0 atom stereocenters. The molecule has 0 saturated heterocycles. The number of hydroxylamine groups is 1. The number of ether oxygens (including phenoxy) is 3. The average molecular weight is 656 g/mol. The first kappa shape index (κ1) is 30.8. The first-order valence-corrected chi connectivity index (χ1v) is 15.6. The molecule has 216 valence electrons. The van der Waals surface area contributed by atoms with Gasteiger partial charge in [0.05, 0.1) is 32.0 Å². The highest BCUT2D eigenvalue weighted by Gasteiger charge is 2.24. The van der Waals surface area contributed by atoms with Gasteiger partial charge in [-0.2, -0.15) is 8.42 Å². The second-order valence-electron chi connectivity index (χ2n) is 8.21. The van der Waals surface area contributed by atoms with Gasteiger partial charge in [0.2, 0.25) is 11.7 Å². The van der Waals surface area contributed by atoms with E-state index < -0.39 is 16.0 Å². The minimum Gasteiger partial charge on any atom is -0.493 e. The molecule has 0 fully saturated rings. The van der Waals surface area contributed by atoms with Crippen LogP contribution in [0.4, 0.5) is 0 Å². The van der Waals surface area contributed by atoms with Crippen molar-refractivity contribution in [3.05, 3.63) is 69.5 Å². The van der Waals surface area contributed by atoms with Crippen LogP contribution in [0.1, 0.15) is 5.56 Å². The monoisotopic (exact) mass is 654 g/mol. The van der Waals surface area contributed by atoms with E-state index in [1.165, 1.54) is 56.6 Å². The zero-order valence-corrected chi connectivity index (χ0v) is 25.8. The van der Waals surface area contributed by atoms with Gasteiger partial charge in [0.25, 0.3) is 10.0 Å². The maximum absolute atomic E-state index is 13.3. The summed E-state index contributed by atoms with van der Waals surface area (Å²) in [5.74, 6) is 0.957. The lowest BCUT2D eigenvalue weighted by Gasteiger charge is -2.15. The van der Waals surface area contributed by atoms with Gasteiger partial charge in [-0.3, -0.25) is 5.21 Å². The van der Waals surface area contributed by atoms with E-state index in [0.29, 0.717) is 49.2 Å². The number of rotatable bonds is 10. The summed E-state index contributed by atoms with van der Waals surface area (Å²) in [5.41, 5.74) is 9.69. The molecule has 15 heteroatoms. The summed E-state index contributed by atoms with van der Waals surface area (Å²) in [5, 5.41) is 12.3. The van der Waals surface area contributed by atoms with Crippen LogP contribution in [0.15, 0.2) is 68.1 Å². The van der Waals surface area contributed by atoms with Gasteiger partial charge < -0.3 is 19.9 Å².